The number of fused-ring (bicyclic) bond motifs is 5. The van der Waals surface area contributed by atoms with Gasteiger partial charge in [0.1, 0.15) is 24.3 Å². The number of carbonyl (C=O) groups excluding carboxylic acids is 3. The predicted molar refractivity (Wildman–Crippen MR) is 121 cm³/mol. The van der Waals surface area contributed by atoms with Crippen LogP contribution in [-0.4, -0.2) is 57.7 Å². The van der Waals surface area contributed by atoms with Gasteiger partial charge < -0.3 is 24.5 Å². The Bertz CT molecular complexity index is 903. The molecule has 0 aromatic heterocycles. The van der Waals surface area contributed by atoms with Gasteiger partial charge in [0.05, 0.1) is 16.6 Å². The first-order valence-electron chi connectivity index (χ1n) is 12.2. The van der Waals surface area contributed by atoms with Crippen LogP contribution in [0.5, 0.6) is 0 Å². The quantitative estimate of drug-likeness (QED) is 0.330. The first-order chi connectivity index (χ1) is 15.6. The minimum absolute atomic E-state index is 0.0855. The van der Waals surface area contributed by atoms with Gasteiger partial charge in [-0.15, -0.1) is 0 Å². The molecule has 7 nitrogen and oxygen atoms in total. The number of alkyl halides is 1. The van der Waals surface area contributed by atoms with Crippen LogP contribution >= 0.6 is 15.9 Å². The van der Waals surface area contributed by atoms with Gasteiger partial charge in [-0.1, -0.05) is 22.9 Å². The molecule has 0 bridgehead atoms. The van der Waals surface area contributed by atoms with Gasteiger partial charge in [0.2, 0.25) is 0 Å². The Balaban J connectivity index is 1.44. The lowest BCUT2D eigenvalue weighted by Gasteiger charge is -2.65. The third kappa shape index (κ3) is 3.16. The third-order valence-corrected chi connectivity index (χ3v) is 10.7. The van der Waals surface area contributed by atoms with Gasteiger partial charge in [-0.2, -0.15) is 0 Å². The molecule has 0 radical (unpaired) electrons. The number of halogens is 1. The van der Waals surface area contributed by atoms with Crippen LogP contribution in [0, 0.1) is 28.6 Å². The summed E-state index contributed by atoms with van der Waals surface area (Å²) in [6.07, 6.45) is 7.33. The average Bonchev–Trinajstić information content (AvgIpc) is 3.33. The molecule has 5 aliphatic rings. The molecule has 4 aliphatic carbocycles. The van der Waals surface area contributed by atoms with Crippen LogP contribution in [0.25, 0.3) is 0 Å². The Labute approximate surface area is 202 Å². The summed E-state index contributed by atoms with van der Waals surface area (Å²) in [6, 6.07) is 0. The number of hydrogen-bond donors (Lipinski definition) is 2. The molecule has 8 atom stereocenters. The minimum atomic E-state index is -1.23. The molecule has 33 heavy (non-hydrogen) atoms. The number of rotatable bonds is 4. The molecule has 1 heterocycles. The van der Waals surface area contributed by atoms with Crippen molar-refractivity contribution in [1.29, 1.82) is 0 Å². The predicted octanol–water partition coefficient (Wildman–Crippen LogP) is 2.84. The van der Waals surface area contributed by atoms with Gasteiger partial charge in [-0.3, -0.25) is 4.79 Å². The standard InChI is InChI=1S/C25H33BrO7/c1-22-6-3-18-19(25(22,31)9-5-17(22)15-10-20(28)32-13-15)4-8-24(30)11-16(33-21(29)12-26)2-7-23(18,24)14-27/h10,14,16-19,30-31H,2-9,11-13H2,1H3/t16-,17+,18?,19?,22+,23-,24-,25-/m0/s1. The lowest BCUT2D eigenvalue weighted by atomic mass is 9.41. The van der Waals surface area contributed by atoms with E-state index in [9.17, 15) is 24.6 Å². The lowest BCUT2D eigenvalue weighted by molar-refractivity contribution is -0.249. The fourth-order valence-corrected chi connectivity index (χ4v) is 8.77. The number of cyclic esters (lactones) is 1. The molecule has 1 aliphatic heterocycles. The topological polar surface area (TPSA) is 110 Å². The Morgan fingerprint density at radius 2 is 1.94 bits per heavy atom. The molecule has 0 aromatic rings. The van der Waals surface area contributed by atoms with Gasteiger partial charge in [-0.25, -0.2) is 4.79 Å². The zero-order chi connectivity index (χ0) is 23.6. The lowest BCUT2D eigenvalue weighted by Crippen LogP contribution is -2.69. The molecular weight excluding hydrogens is 492 g/mol. The summed E-state index contributed by atoms with van der Waals surface area (Å²) in [7, 11) is 0. The number of ether oxygens (including phenoxy) is 2. The molecule has 4 saturated carbocycles. The number of carbonyl (C=O) groups is 3. The van der Waals surface area contributed by atoms with E-state index >= 15 is 0 Å². The fraction of sp³-hybridized carbons (Fsp3) is 0.800. The normalized spacial score (nSPS) is 48.7. The van der Waals surface area contributed by atoms with Crippen LogP contribution in [0.3, 0.4) is 0 Å². The first kappa shape index (κ1) is 23.5. The fourth-order valence-electron chi connectivity index (χ4n) is 8.64. The molecule has 4 fully saturated rings. The van der Waals surface area contributed by atoms with Crippen LogP contribution in [0.4, 0.5) is 0 Å². The summed E-state index contributed by atoms with van der Waals surface area (Å²) in [5.74, 6) is -0.792. The molecule has 0 saturated heterocycles. The van der Waals surface area contributed by atoms with Crippen LogP contribution in [0.1, 0.15) is 64.7 Å². The van der Waals surface area contributed by atoms with Gasteiger partial charge in [0.25, 0.3) is 0 Å². The zero-order valence-electron chi connectivity index (χ0n) is 19.1. The zero-order valence-corrected chi connectivity index (χ0v) is 20.6. The van der Waals surface area contributed by atoms with Crippen LogP contribution in [0.15, 0.2) is 11.6 Å². The van der Waals surface area contributed by atoms with Crippen LogP contribution < -0.4 is 0 Å². The van der Waals surface area contributed by atoms with Crippen molar-refractivity contribution in [3.8, 4) is 0 Å². The highest BCUT2D eigenvalue weighted by Crippen LogP contribution is 2.70. The maximum Gasteiger partial charge on any atom is 0.331 e. The van der Waals surface area contributed by atoms with E-state index in [1.807, 2.05) is 0 Å². The average molecular weight is 525 g/mol. The number of aldehydes is 1. The molecule has 2 N–H and O–H groups in total. The highest BCUT2D eigenvalue weighted by Gasteiger charge is 2.71. The Morgan fingerprint density at radius 3 is 2.61 bits per heavy atom. The van der Waals surface area contributed by atoms with Crippen molar-refractivity contribution in [1.82, 2.24) is 0 Å². The van der Waals surface area contributed by atoms with E-state index in [4.69, 9.17) is 9.47 Å². The van der Waals surface area contributed by atoms with Crippen molar-refractivity contribution in [2.24, 2.45) is 28.6 Å². The third-order valence-electron chi connectivity index (χ3n) is 10.2. The van der Waals surface area contributed by atoms with Crippen molar-refractivity contribution in [3.63, 3.8) is 0 Å². The molecule has 0 spiro atoms. The summed E-state index contributed by atoms with van der Waals surface area (Å²) in [5, 5.41) is 24.1. The van der Waals surface area contributed by atoms with E-state index < -0.39 is 28.1 Å². The minimum Gasteiger partial charge on any atom is -0.462 e. The highest BCUT2D eigenvalue weighted by molar-refractivity contribution is 9.09. The van der Waals surface area contributed by atoms with Crippen molar-refractivity contribution < 1.29 is 34.1 Å². The second kappa shape index (κ2) is 7.89. The van der Waals surface area contributed by atoms with Crippen molar-refractivity contribution >= 4 is 34.2 Å². The summed E-state index contributed by atoms with van der Waals surface area (Å²) in [6.45, 7) is 2.44. The van der Waals surface area contributed by atoms with E-state index in [0.717, 1.165) is 31.1 Å². The van der Waals surface area contributed by atoms with Crippen molar-refractivity contribution in [3.05, 3.63) is 11.6 Å². The SMILES string of the molecule is C[C@]12CCC3C(CC[C@]4(O)C[C@@H](OC(=O)CBr)CC[C@]34C=O)[C@@]1(O)CC[C@@H]2C1=CC(=O)OC1. The monoisotopic (exact) mass is 524 g/mol. The molecule has 5 rings (SSSR count). The van der Waals surface area contributed by atoms with E-state index in [1.165, 1.54) is 0 Å². The number of aliphatic hydroxyl groups is 2. The summed E-state index contributed by atoms with van der Waals surface area (Å²) in [4.78, 5) is 36.2. The molecular formula is C25H33BrO7. The van der Waals surface area contributed by atoms with E-state index in [-0.39, 0.29) is 41.4 Å². The van der Waals surface area contributed by atoms with Gasteiger partial charge >= 0.3 is 11.9 Å². The Morgan fingerprint density at radius 1 is 1.18 bits per heavy atom. The first-order valence-corrected chi connectivity index (χ1v) is 13.3. The van der Waals surface area contributed by atoms with Gasteiger partial charge in [-0.05, 0) is 74.7 Å². The second-order valence-electron chi connectivity index (χ2n) is 11.2. The molecule has 0 amide bonds. The molecule has 2 unspecified atom stereocenters. The van der Waals surface area contributed by atoms with E-state index in [0.29, 0.717) is 38.7 Å². The van der Waals surface area contributed by atoms with E-state index in [2.05, 4.69) is 22.9 Å². The summed E-state index contributed by atoms with van der Waals surface area (Å²) in [5.41, 5.74) is -2.54. The van der Waals surface area contributed by atoms with E-state index in [1.54, 1.807) is 6.08 Å². The summed E-state index contributed by atoms with van der Waals surface area (Å²) >= 11 is 3.11. The smallest absolute Gasteiger partial charge is 0.331 e. The molecule has 0 aromatic carbocycles. The number of esters is 2. The molecule has 182 valence electrons. The van der Waals surface area contributed by atoms with Gasteiger partial charge in [0.15, 0.2) is 0 Å². The number of hydrogen-bond acceptors (Lipinski definition) is 7. The Kier molecular flexibility index (Phi) is 5.61. The summed E-state index contributed by atoms with van der Waals surface area (Å²) < 4.78 is 10.7. The van der Waals surface area contributed by atoms with Gasteiger partial charge in [0, 0.05) is 17.9 Å². The largest absolute Gasteiger partial charge is 0.462 e. The van der Waals surface area contributed by atoms with Crippen LogP contribution in [-0.2, 0) is 23.9 Å². The maximum absolute atomic E-state index is 12.7. The van der Waals surface area contributed by atoms with Crippen molar-refractivity contribution in [2.75, 3.05) is 11.9 Å². The van der Waals surface area contributed by atoms with Crippen molar-refractivity contribution in [2.45, 2.75) is 82.0 Å². The van der Waals surface area contributed by atoms with Crippen LogP contribution in [0.2, 0.25) is 0 Å². The highest BCUT2D eigenvalue weighted by atomic mass is 79.9. The Hall–Kier alpha value is -1.25. The molecule has 8 heteroatoms. The maximum atomic E-state index is 12.7. The second-order valence-corrected chi connectivity index (χ2v) is 11.8.